The minimum Gasteiger partial charge on any atom is -0.324 e. The van der Waals surface area contributed by atoms with Gasteiger partial charge in [0.1, 0.15) is 0 Å². The number of sulfone groups is 1. The smallest absolute Gasteiger partial charge is 0.175 e. The van der Waals surface area contributed by atoms with Crippen molar-refractivity contribution in [2.75, 3.05) is 6.26 Å². The molecule has 3 nitrogen and oxygen atoms in total. The van der Waals surface area contributed by atoms with Crippen LogP contribution in [0.3, 0.4) is 0 Å². The van der Waals surface area contributed by atoms with Gasteiger partial charge in [0.15, 0.2) is 9.84 Å². The van der Waals surface area contributed by atoms with E-state index in [4.69, 9.17) is 5.73 Å². The van der Waals surface area contributed by atoms with Crippen molar-refractivity contribution in [2.24, 2.45) is 5.73 Å². The highest BCUT2D eigenvalue weighted by atomic mass is 32.2. The molecular formula is C10H13NO2S. The van der Waals surface area contributed by atoms with Crippen molar-refractivity contribution in [1.82, 2.24) is 0 Å². The van der Waals surface area contributed by atoms with Crippen molar-refractivity contribution >= 4 is 9.84 Å². The van der Waals surface area contributed by atoms with Crippen molar-refractivity contribution in [3.63, 3.8) is 0 Å². The van der Waals surface area contributed by atoms with Gasteiger partial charge in [-0.3, -0.25) is 0 Å². The number of fused-ring (bicyclic) bond motifs is 1. The molecule has 0 bridgehead atoms. The van der Waals surface area contributed by atoms with E-state index in [-0.39, 0.29) is 6.04 Å². The fourth-order valence-electron chi connectivity index (χ4n) is 1.86. The number of rotatable bonds is 1. The number of aryl methyl sites for hydroxylation is 1. The quantitative estimate of drug-likeness (QED) is 0.755. The maximum absolute atomic E-state index is 11.3. The minimum absolute atomic E-state index is 0.0820. The molecule has 0 saturated heterocycles. The van der Waals surface area contributed by atoms with Gasteiger partial charge in [0.05, 0.1) is 4.90 Å². The topological polar surface area (TPSA) is 60.2 Å². The monoisotopic (exact) mass is 211 g/mol. The second-order valence-corrected chi connectivity index (χ2v) is 5.79. The van der Waals surface area contributed by atoms with Crippen LogP contribution >= 0.6 is 0 Å². The Morgan fingerprint density at radius 3 is 2.79 bits per heavy atom. The number of hydrogen-bond acceptors (Lipinski definition) is 3. The van der Waals surface area contributed by atoms with E-state index in [1.54, 1.807) is 12.1 Å². The molecule has 76 valence electrons. The number of benzene rings is 1. The molecule has 2 rings (SSSR count). The van der Waals surface area contributed by atoms with Crippen molar-refractivity contribution in [3.8, 4) is 0 Å². The third kappa shape index (κ3) is 1.55. The van der Waals surface area contributed by atoms with Gasteiger partial charge >= 0.3 is 0 Å². The van der Waals surface area contributed by atoms with Crippen LogP contribution in [-0.4, -0.2) is 14.7 Å². The van der Waals surface area contributed by atoms with Crippen LogP contribution in [0.15, 0.2) is 23.1 Å². The Morgan fingerprint density at radius 2 is 2.14 bits per heavy atom. The summed E-state index contributed by atoms with van der Waals surface area (Å²) in [7, 11) is -3.08. The molecule has 1 unspecified atom stereocenters. The highest BCUT2D eigenvalue weighted by molar-refractivity contribution is 7.90. The Labute approximate surface area is 83.9 Å². The first kappa shape index (κ1) is 9.68. The Bertz CT molecular complexity index is 465. The molecule has 1 atom stereocenters. The molecule has 0 amide bonds. The molecule has 1 aromatic carbocycles. The lowest BCUT2D eigenvalue weighted by atomic mass is 10.1. The van der Waals surface area contributed by atoms with E-state index in [0.29, 0.717) is 4.90 Å². The maximum atomic E-state index is 11.3. The molecule has 0 aromatic heterocycles. The normalized spacial score (nSPS) is 20.9. The fourth-order valence-corrected chi connectivity index (χ4v) is 2.53. The zero-order valence-corrected chi connectivity index (χ0v) is 8.84. The highest BCUT2D eigenvalue weighted by Crippen LogP contribution is 2.30. The third-order valence-corrected chi connectivity index (χ3v) is 3.78. The first-order valence-corrected chi connectivity index (χ1v) is 6.46. The van der Waals surface area contributed by atoms with E-state index in [9.17, 15) is 8.42 Å². The van der Waals surface area contributed by atoms with Gasteiger partial charge in [0.25, 0.3) is 0 Å². The first-order chi connectivity index (χ1) is 6.48. The Kier molecular flexibility index (Phi) is 2.12. The zero-order valence-electron chi connectivity index (χ0n) is 8.03. The zero-order chi connectivity index (χ0) is 10.3. The first-order valence-electron chi connectivity index (χ1n) is 4.57. The van der Waals surface area contributed by atoms with Gasteiger partial charge in [-0.2, -0.15) is 0 Å². The van der Waals surface area contributed by atoms with Crippen LogP contribution in [0.5, 0.6) is 0 Å². The van der Waals surface area contributed by atoms with E-state index in [0.717, 1.165) is 24.0 Å². The number of nitrogens with two attached hydrogens (primary N) is 1. The van der Waals surface area contributed by atoms with Gasteiger partial charge in [-0.25, -0.2) is 8.42 Å². The van der Waals surface area contributed by atoms with Crippen LogP contribution in [0.1, 0.15) is 23.6 Å². The molecular weight excluding hydrogens is 198 g/mol. The van der Waals surface area contributed by atoms with Crippen LogP contribution in [0.2, 0.25) is 0 Å². The van der Waals surface area contributed by atoms with E-state index in [1.165, 1.54) is 6.26 Å². The summed E-state index contributed by atoms with van der Waals surface area (Å²) in [5.41, 5.74) is 8.03. The van der Waals surface area contributed by atoms with Crippen molar-refractivity contribution < 1.29 is 8.42 Å². The van der Waals surface area contributed by atoms with Crippen LogP contribution in [-0.2, 0) is 16.3 Å². The lowest BCUT2D eigenvalue weighted by Gasteiger charge is -2.05. The Hall–Kier alpha value is -0.870. The van der Waals surface area contributed by atoms with E-state index >= 15 is 0 Å². The van der Waals surface area contributed by atoms with Crippen molar-refractivity contribution in [1.29, 1.82) is 0 Å². The summed E-state index contributed by atoms with van der Waals surface area (Å²) in [5.74, 6) is 0. The second kappa shape index (κ2) is 3.07. The SMILES string of the molecule is CS(=O)(=O)c1ccc2c(c1)CCC2N. The second-order valence-electron chi connectivity index (χ2n) is 3.78. The molecule has 14 heavy (non-hydrogen) atoms. The predicted octanol–water partition coefficient (Wildman–Crippen LogP) is 1.04. The molecule has 0 aliphatic heterocycles. The average Bonchev–Trinajstić information content (AvgIpc) is 2.46. The van der Waals surface area contributed by atoms with Crippen molar-refractivity contribution in [2.45, 2.75) is 23.8 Å². The fraction of sp³-hybridized carbons (Fsp3) is 0.400. The summed E-state index contributed by atoms with van der Waals surface area (Å²) < 4.78 is 22.6. The van der Waals surface area contributed by atoms with Gasteiger partial charge < -0.3 is 5.73 Å². The molecule has 2 N–H and O–H groups in total. The summed E-state index contributed by atoms with van der Waals surface area (Å²) in [6.07, 6.45) is 3.03. The Morgan fingerprint density at radius 1 is 1.43 bits per heavy atom. The molecule has 0 fully saturated rings. The van der Waals surface area contributed by atoms with E-state index in [1.807, 2.05) is 6.07 Å². The lowest BCUT2D eigenvalue weighted by Crippen LogP contribution is -2.05. The molecule has 0 heterocycles. The summed E-state index contributed by atoms with van der Waals surface area (Å²) in [4.78, 5) is 0.394. The van der Waals surface area contributed by atoms with E-state index < -0.39 is 9.84 Å². The molecule has 1 aliphatic carbocycles. The van der Waals surface area contributed by atoms with Crippen LogP contribution in [0.25, 0.3) is 0 Å². The van der Waals surface area contributed by atoms with Crippen LogP contribution < -0.4 is 5.73 Å². The summed E-state index contributed by atoms with van der Waals surface area (Å²) in [5, 5.41) is 0. The van der Waals surface area contributed by atoms with Crippen molar-refractivity contribution in [3.05, 3.63) is 29.3 Å². The van der Waals surface area contributed by atoms with Gasteiger partial charge in [0, 0.05) is 12.3 Å². The molecule has 0 spiro atoms. The van der Waals surface area contributed by atoms with E-state index in [2.05, 4.69) is 0 Å². The van der Waals surface area contributed by atoms with Gasteiger partial charge in [-0.15, -0.1) is 0 Å². The van der Waals surface area contributed by atoms with Gasteiger partial charge in [0.2, 0.25) is 0 Å². The minimum atomic E-state index is -3.08. The van der Waals surface area contributed by atoms with Gasteiger partial charge in [-0.1, -0.05) is 6.07 Å². The van der Waals surface area contributed by atoms with Crippen LogP contribution in [0, 0.1) is 0 Å². The summed E-state index contributed by atoms with van der Waals surface area (Å²) in [6, 6.07) is 5.30. The molecule has 4 heteroatoms. The van der Waals surface area contributed by atoms with Crippen LogP contribution in [0.4, 0.5) is 0 Å². The Balaban J connectivity index is 2.53. The largest absolute Gasteiger partial charge is 0.324 e. The summed E-state index contributed by atoms with van der Waals surface area (Å²) in [6.45, 7) is 0. The highest BCUT2D eigenvalue weighted by Gasteiger charge is 2.20. The third-order valence-electron chi connectivity index (χ3n) is 2.67. The molecule has 0 saturated carbocycles. The molecule has 1 aliphatic rings. The van der Waals surface area contributed by atoms with Gasteiger partial charge in [-0.05, 0) is 36.1 Å². The lowest BCUT2D eigenvalue weighted by molar-refractivity contribution is 0.601. The predicted molar refractivity (Wildman–Crippen MR) is 54.8 cm³/mol. The number of hydrogen-bond donors (Lipinski definition) is 1. The molecule has 0 radical (unpaired) electrons. The average molecular weight is 211 g/mol. The standard InChI is InChI=1S/C10H13NO2S/c1-14(12,13)8-3-4-9-7(6-8)2-5-10(9)11/h3-4,6,10H,2,5,11H2,1H3. The molecule has 1 aromatic rings. The summed E-state index contributed by atoms with van der Waals surface area (Å²) >= 11 is 0. The maximum Gasteiger partial charge on any atom is 0.175 e.